The molecule has 8 heteroatoms. The molecule has 0 bridgehead atoms. The molecule has 0 radical (unpaired) electrons. The molecule has 0 aliphatic rings. The molecule has 3 aromatic carbocycles. The third-order valence-electron chi connectivity index (χ3n) is 5.50. The fourth-order valence-electron chi connectivity index (χ4n) is 3.73. The van der Waals surface area contributed by atoms with E-state index in [0.717, 1.165) is 5.69 Å². The van der Waals surface area contributed by atoms with Crippen LogP contribution in [0.4, 0.5) is 5.82 Å². The summed E-state index contributed by atoms with van der Waals surface area (Å²) in [6.07, 6.45) is 0.998. The number of hydrogen-bond donors (Lipinski definition) is 2. The average Bonchev–Trinajstić information content (AvgIpc) is 3.22. The van der Waals surface area contributed by atoms with Gasteiger partial charge in [0, 0.05) is 22.7 Å². The Hall–Kier alpha value is -4.41. The Balaban J connectivity index is 1.42. The van der Waals surface area contributed by atoms with E-state index >= 15 is 0 Å². The van der Waals surface area contributed by atoms with Crippen molar-refractivity contribution in [3.05, 3.63) is 112 Å². The predicted octanol–water partition coefficient (Wildman–Crippen LogP) is 4.57. The number of ketones is 1. The highest BCUT2D eigenvalue weighted by molar-refractivity contribution is 6.30. The molecule has 0 saturated carbocycles. The topological polar surface area (TPSA) is 114 Å². The van der Waals surface area contributed by atoms with Crippen molar-refractivity contribution in [3.63, 3.8) is 0 Å². The molecule has 4 rings (SSSR count). The second-order valence-corrected chi connectivity index (χ2v) is 8.24. The van der Waals surface area contributed by atoms with Gasteiger partial charge in [0.25, 0.3) is 5.91 Å². The zero-order chi connectivity index (χ0) is 24.8. The fraction of sp³-hybridized carbons (Fsp3) is 0.111. The number of para-hydroxylation sites is 1. The van der Waals surface area contributed by atoms with Gasteiger partial charge < -0.3 is 11.1 Å². The first kappa shape index (κ1) is 23.7. The lowest BCUT2D eigenvalue weighted by molar-refractivity contribution is 0.0941. The van der Waals surface area contributed by atoms with E-state index < -0.39 is 0 Å². The number of nitrogens with two attached hydrogens (primary N) is 1. The second-order valence-electron chi connectivity index (χ2n) is 7.81. The van der Waals surface area contributed by atoms with E-state index in [0.29, 0.717) is 52.4 Å². The highest BCUT2D eigenvalue weighted by Crippen LogP contribution is 2.21. The van der Waals surface area contributed by atoms with Gasteiger partial charge in [0.2, 0.25) is 0 Å². The molecule has 4 aromatic rings. The van der Waals surface area contributed by atoms with E-state index in [9.17, 15) is 14.9 Å². The lowest BCUT2D eigenvalue weighted by Crippen LogP contribution is -2.26. The smallest absolute Gasteiger partial charge is 0.252 e. The Bertz CT molecular complexity index is 1410. The Kier molecular flexibility index (Phi) is 7.24. The quantitative estimate of drug-likeness (QED) is 0.281. The first-order chi connectivity index (χ1) is 17.0. The number of nitrogens with one attached hydrogen (secondary N) is 1. The Labute approximate surface area is 207 Å². The van der Waals surface area contributed by atoms with Gasteiger partial charge in [-0.3, -0.25) is 9.59 Å². The molecule has 0 aliphatic heterocycles. The van der Waals surface area contributed by atoms with Gasteiger partial charge in [0.05, 0.1) is 16.9 Å². The zero-order valence-corrected chi connectivity index (χ0v) is 19.5. The summed E-state index contributed by atoms with van der Waals surface area (Å²) in [4.78, 5) is 25.8. The summed E-state index contributed by atoms with van der Waals surface area (Å²) < 4.78 is 1.55. The first-order valence-electron chi connectivity index (χ1n) is 11.0. The van der Waals surface area contributed by atoms with Crippen molar-refractivity contribution in [1.29, 1.82) is 5.26 Å². The van der Waals surface area contributed by atoms with E-state index in [-0.39, 0.29) is 17.5 Å². The largest absolute Gasteiger partial charge is 0.382 e. The van der Waals surface area contributed by atoms with Crippen LogP contribution >= 0.6 is 11.6 Å². The molecule has 1 aromatic heterocycles. The fourth-order valence-corrected chi connectivity index (χ4v) is 3.86. The molecule has 1 amide bonds. The molecule has 0 spiro atoms. The molecule has 0 aliphatic carbocycles. The van der Waals surface area contributed by atoms with Crippen LogP contribution in [-0.4, -0.2) is 28.0 Å². The zero-order valence-electron chi connectivity index (χ0n) is 18.7. The van der Waals surface area contributed by atoms with E-state index in [2.05, 4.69) is 16.5 Å². The van der Waals surface area contributed by atoms with E-state index in [4.69, 9.17) is 17.3 Å². The van der Waals surface area contributed by atoms with Crippen molar-refractivity contribution in [3.8, 4) is 11.8 Å². The van der Waals surface area contributed by atoms with Crippen LogP contribution in [0.1, 0.15) is 44.0 Å². The minimum absolute atomic E-state index is 0.256. The molecule has 0 unspecified atom stereocenters. The molecule has 35 heavy (non-hydrogen) atoms. The number of carbonyl (C=O) groups excluding carboxylic acids is 2. The number of rotatable bonds is 8. The maximum atomic E-state index is 12.9. The molecule has 7 nitrogen and oxygen atoms in total. The highest BCUT2D eigenvalue weighted by atomic mass is 35.5. The monoisotopic (exact) mass is 483 g/mol. The van der Waals surface area contributed by atoms with E-state index in [1.165, 1.54) is 0 Å². The molecule has 174 valence electrons. The van der Waals surface area contributed by atoms with Crippen molar-refractivity contribution in [2.75, 3.05) is 12.3 Å². The molecule has 1 heterocycles. The van der Waals surface area contributed by atoms with Crippen LogP contribution in [0, 0.1) is 11.3 Å². The van der Waals surface area contributed by atoms with Crippen molar-refractivity contribution < 1.29 is 9.59 Å². The van der Waals surface area contributed by atoms with Crippen LogP contribution < -0.4 is 11.1 Å². The van der Waals surface area contributed by atoms with Gasteiger partial charge in [-0.15, -0.1) is 0 Å². The van der Waals surface area contributed by atoms with Gasteiger partial charge >= 0.3 is 0 Å². The van der Waals surface area contributed by atoms with Crippen LogP contribution in [0.3, 0.4) is 0 Å². The molecular formula is C27H22ClN5O2. The van der Waals surface area contributed by atoms with E-state index in [1.807, 2.05) is 30.3 Å². The predicted molar refractivity (Wildman–Crippen MR) is 135 cm³/mol. The number of nitriles is 1. The number of amides is 1. The van der Waals surface area contributed by atoms with Gasteiger partial charge in [-0.1, -0.05) is 48.0 Å². The van der Waals surface area contributed by atoms with Crippen molar-refractivity contribution in [2.45, 2.75) is 12.8 Å². The van der Waals surface area contributed by atoms with Gasteiger partial charge in [-0.2, -0.15) is 10.4 Å². The average molecular weight is 484 g/mol. The molecule has 0 fully saturated rings. The van der Waals surface area contributed by atoms with Crippen molar-refractivity contribution >= 4 is 29.1 Å². The number of anilines is 1. The van der Waals surface area contributed by atoms with Crippen LogP contribution in [0.5, 0.6) is 0 Å². The minimum Gasteiger partial charge on any atom is -0.382 e. The summed E-state index contributed by atoms with van der Waals surface area (Å²) >= 11 is 5.91. The molecule has 3 N–H and O–H groups in total. The SMILES string of the molecule is N#Cc1c(CCCNC(=O)c2ccccc2C(=O)c2ccc(Cl)cc2)nn(-c2ccccc2)c1N. The third-order valence-corrected chi connectivity index (χ3v) is 5.76. The molecule has 0 saturated heterocycles. The minimum atomic E-state index is -0.349. The number of nitrogen functional groups attached to an aromatic ring is 1. The number of aromatic nitrogens is 2. The second kappa shape index (κ2) is 10.7. The van der Waals surface area contributed by atoms with Crippen LogP contribution in [-0.2, 0) is 6.42 Å². The number of halogens is 1. The van der Waals surface area contributed by atoms with Crippen molar-refractivity contribution in [2.24, 2.45) is 0 Å². The maximum absolute atomic E-state index is 12.9. The third kappa shape index (κ3) is 5.24. The molecule has 0 atom stereocenters. The summed E-state index contributed by atoms with van der Waals surface area (Å²) in [5.41, 5.74) is 8.87. The van der Waals surface area contributed by atoms with Crippen LogP contribution in [0.25, 0.3) is 5.69 Å². The van der Waals surface area contributed by atoms with Gasteiger partial charge in [-0.25, -0.2) is 4.68 Å². The number of nitrogens with zero attached hydrogens (tertiary/aromatic N) is 3. The number of benzene rings is 3. The lowest BCUT2D eigenvalue weighted by Gasteiger charge is -2.10. The lowest BCUT2D eigenvalue weighted by atomic mass is 9.98. The highest BCUT2D eigenvalue weighted by Gasteiger charge is 2.19. The summed E-state index contributed by atoms with van der Waals surface area (Å²) in [6.45, 7) is 0.339. The van der Waals surface area contributed by atoms with Crippen LogP contribution in [0.2, 0.25) is 5.02 Å². The summed E-state index contributed by atoms with van der Waals surface area (Å²) in [7, 11) is 0. The summed E-state index contributed by atoms with van der Waals surface area (Å²) in [5, 5.41) is 17.4. The number of hydrogen-bond acceptors (Lipinski definition) is 5. The first-order valence-corrected chi connectivity index (χ1v) is 11.4. The van der Waals surface area contributed by atoms with Gasteiger partial charge in [0.1, 0.15) is 17.5 Å². The maximum Gasteiger partial charge on any atom is 0.252 e. The number of aryl methyl sites for hydroxylation is 1. The van der Waals surface area contributed by atoms with Crippen LogP contribution in [0.15, 0.2) is 78.9 Å². The van der Waals surface area contributed by atoms with Gasteiger partial charge in [0.15, 0.2) is 5.78 Å². The summed E-state index contributed by atoms with van der Waals surface area (Å²) in [6, 6.07) is 24.7. The molecular weight excluding hydrogens is 462 g/mol. The van der Waals surface area contributed by atoms with E-state index in [1.54, 1.807) is 53.2 Å². The Morgan fingerprint density at radius 2 is 1.63 bits per heavy atom. The number of carbonyl (C=O) groups is 2. The Morgan fingerprint density at radius 1 is 0.971 bits per heavy atom. The normalized spacial score (nSPS) is 10.5. The van der Waals surface area contributed by atoms with Crippen molar-refractivity contribution in [1.82, 2.24) is 15.1 Å². The Morgan fingerprint density at radius 3 is 2.31 bits per heavy atom. The summed E-state index contributed by atoms with van der Waals surface area (Å²) in [5.74, 6) is -0.321. The standard InChI is InChI=1S/C27H22ClN5O2/c28-19-14-12-18(13-15-19)25(34)21-9-4-5-10-22(21)27(35)31-16-6-11-24-23(17-29)26(30)33(32-24)20-7-2-1-3-8-20/h1-5,7-10,12-15H,6,11,16,30H2,(H,31,35). The van der Waals surface area contributed by atoms with Gasteiger partial charge in [-0.05, 0) is 55.3 Å².